The summed E-state index contributed by atoms with van der Waals surface area (Å²) in [5.41, 5.74) is 0. The highest BCUT2D eigenvalue weighted by Gasteiger charge is 2.22. The van der Waals surface area contributed by atoms with Gasteiger partial charge in [-0.1, -0.05) is 238 Å². The summed E-state index contributed by atoms with van der Waals surface area (Å²) in [6.45, 7) is 4.27. The standard InChI is InChI=1S/C55H108NO8P/c1-6-8-10-12-14-16-18-20-22-24-25-26-27-28-29-30-31-32-34-35-37-39-41-43-45-47-54(57)61-51-53(52-63-65(59,60)62-50-49-56(3,4)5)64-55(58)48-46-44-42-40-38-36-33-23-21-19-17-15-13-11-9-7-2/h23,33,53H,6-22,24-32,34-52H2,1-5H3/b33-23-. The largest absolute Gasteiger partial charge is 0.756 e. The molecule has 0 saturated heterocycles. The minimum Gasteiger partial charge on any atom is -0.756 e. The van der Waals surface area contributed by atoms with Crippen molar-refractivity contribution >= 4 is 19.8 Å². The zero-order valence-corrected chi connectivity index (χ0v) is 44.6. The molecule has 0 aliphatic heterocycles. The summed E-state index contributed by atoms with van der Waals surface area (Å²) in [6.07, 6.45) is 54.0. The number of quaternary nitrogens is 1. The summed E-state index contributed by atoms with van der Waals surface area (Å²) in [6, 6.07) is 0. The monoisotopic (exact) mass is 942 g/mol. The van der Waals surface area contributed by atoms with Crippen LogP contribution in [0.15, 0.2) is 12.2 Å². The van der Waals surface area contributed by atoms with E-state index in [2.05, 4.69) is 26.0 Å². The predicted octanol–water partition coefficient (Wildman–Crippen LogP) is 16.2. The quantitative estimate of drug-likeness (QED) is 0.0195. The van der Waals surface area contributed by atoms with Crippen molar-refractivity contribution in [3.05, 3.63) is 12.2 Å². The smallest absolute Gasteiger partial charge is 0.306 e. The van der Waals surface area contributed by atoms with Gasteiger partial charge in [0.05, 0.1) is 27.7 Å². The zero-order chi connectivity index (χ0) is 47.8. The molecule has 0 aliphatic carbocycles. The van der Waals surface area contributed by atoms with Crippen LogP contribution in [0, 0.1) is 0 Å². The molecule has 0 radical (unpaired) electrons. The molecule has 0 bridgehead atoms. The van der Waals surface area contributed by atoms with Crippen molar-refractivity contribution in [1.82, 2.24) is 0 Å². The number of phosphoric acid groups is 1. The van der Waals surface area contributed by atoms with E-state index in [1.165, 1.54) is 193 Å². The zero-order valence-electron chi connectivity index (χ0n) is 43.7. The molecule has 0 aromatic rings. The van der Waals surface area contributed by atoms with E-state index >= 15 is 0 Å². The van der Waals surface area contributed by atoms with Gasteiger partial charge in [-0.2, -0.15) is 0 Å². The van der Waals surface area contributed by atoms with Gasteiger partial charge < -0.3 is 27.9 Å². The van der Waals surface area contributed by atoms with Crippen molar-refractivity contribution in [1.29, 1.82) is 0 Å². The lowest BCUT2D eigenvalue weighted by Gasteiger charge is -2.28. The molecular formula is C55H108NO8P. The molecule has 0 N–H and O–H groups in total. The molecular weight excluding hydrogens is 834 g/mol. The number of carbonyl (C=O) groups is 2. The minimum absolute atomic E-state index is 0.0289. The number of carbonyl (C=O) groups excluding carboxylic acids is 2. The Morgan fingerprint density at radius 3 is 1.14 bits per heavy atom. The van der Waals surface area contributed by atoms with Crippen LogP contribution in [0.2, 0.25) is 0 Å². The van der Waals surface area contributed by atoms with E-state index in [1.54, 1.807) is 0 Å². The Morgan fingerprint density at radius 1 is 0.462 bits per heavy atom. The van der Waals surface area contributed by atoms with Gasteiger partial charge in [0.1, 0.15) is 19.8 Å². The maximum Gasteiger partial charge on any atom is 0.306 e. The van der Waals surface area contributed by atoms with Crippen LogP contribution in [-0.4, -0.2) is 70.0 Å². The molecule has 0 aliphatic rings. The van der Waals surface area contributed by atoms with Crippen LogP contribution in [0.4, 0.5) is 0 Å². The molecule has 0 aromatic heterocycles. The van der Waals surface area contributed by atoms with Gasteiger partial charge in [-0.05, 0) is 38.5 Å². The van der Waals surface area contributed by atoms with Crippen LogP contribution in [0.1, 0.15) is 277 Å². The fourth-order valence-corrected chi connectivity index (χ4v) is 8.91. The third-order valence-electron chi connectivity index (χ3n) is 12.5. The maximum absolute atomic E-state index is 12.7. The SMILES string of the molecule is CCCCCCCCC/C=C\CCCCCCCC(=O)OC(COC(=O)CCCCCCCCCCCCCCCCCCCCCCCCCCC)COP(=O)([O-])OCC[N+](C)(C)C. The lowest BCUT2D eigenvalue weighted by molar-refractivity contribution is -0.870. The van der Waals surface area contributed by atoms with Gasteiger partial charge in [-0.15, -0.1) is 0 Å². The second-order valence-corrected chi connectivity index (χ2v) is 21.7. The van der Waals surface area contributed by atoms with E-state index < -0.39 is 26.5 Å². The lowest BCUT2D eigenvalue weighted by atomic mass is 10.0. The van der Waals surface area contributed by atoms with E-state index in [1.807, 2.05) is 21.1 Å². The molecule has 10 heteroatoms. The third-order valence-corrected chi connectivity index (χ3v) is 13.5. The molecule has 0 spiro atoms. The van der Waals surface area contributed by atoms with Crippen molar-refractivity contribution in [2.75, 3.05) is 47.5 Å². The summed E-state index contributed by atoms with van der Waals surface area (Å²) in [5.74, 6) is -0.827. The topological polar surface area (TPSA) is 111 Å². The van der Waals surface area contributed by atoms with E-state index in [-0.39, 0.29) is 32.0 Å². The van der Waals surface area contributed by atoms with Crippen LogP contribution in [0.5, 0.6) is 0 Å². The van der Waals surface area contributed by atoms with E-state index in [4.69, 9.17) is 18.5 Å². The second-order valence-electron chi connectivity index (χ2n) is 20.3. The summed E-state index contributed by atoms with van der Waals surface area (Å²) < 4.78 is 34.1. The molecule has 0 heterocycles. The number of hydrogen-bond acceptors (Lipinski definition) is 8. The first kappa shape index (κ1) is 63.8. The highest BCUT2D eigenvalue weighted by Crippen LogP contribution is 2.38. The number of unbranched alkanes of at least 4 members (excludes halogenated alkanes) is 36. The molecule has 0 aromatic carbocycles. The van der Waals surface area contributed by atoms with Crippen LogP contribution in [-0.2, 0) is 32.7 Å². The van der Waals surface area contributed by atoms with E-state index in [9.17, 15) is 19.0 Å². The number of hydrogen-bond donors (Lipinski definition) is 0. The Kier molecular flexibility index (Phi) is 46.9. The summed E-state index contributed by atoms with van der Waals surface area (Å²) in [5, 5.41) is 0. The molecule has 0 amide bonds. The first-order valence-electron chi connectivity index (χ1n) is 27.9. The van der Waals surface area contributed by atoms with Crippen molar-refractivity contribution in [3.8, 4) is 0 Å². The van der Waals surface area contributed by atoms with Gasteiger partial charge in [0.15, 0.2) is 6.10 Å². The molecule has 386 valence electrons. The Balaban J connectivity index is 4.11. The average molecular weight is 942 g/mol. The van der Waals surface area contributed by atoms with Gasteiger partial charge >= 0.3 is 11.9 Å². The molecule has 65 heavy (non-hydrogen) atoms. The molecule has 2 unspecified atom stereocenters. The predicted molar refractivity (Wildman–Crippen MR) is 273 cm³/mol. The Bertz CT molecular complexity index is 1110. The normalized spacial score (nSPS) is 13.4. The fourth-order valence-electron chi connectivity index (χ4n) is 8.18. The third kappa shape index (κ3) is 52.0. The lowest BCUT2D eigenvalue weighted by Crippen LogP contribution is -2.37. The molecule has 9 nitrogen and oxygen atoms in total. The highest BCUT2D eigenvalue weighted by atomic mass is 31.2. The van der Waals surface area contributed by atoms with Gasteiger partial charge in [0, 0.05) is 12.8 Å². The van der Waals surface area contributed by atoms with Crippen LogP contribution < -0.4 is 4.89 Å². The Hall–Kier alpha value is -1.25. The summed E-state index contributed by atoms with van der Waals surface area (Å²) >= 11 is 0. The number of nitrogens with zero attached hydrogens (tertiary/aromatic N) is 1. The Morgan fingerprint density at radius 2 is 0.785 bits per heavy atom. The van der Waals surface area contributed by atoms with E-state index in [0.29, 0.717) is 17.4 Å². The second kappa shape index (κ2) is 47.8. The van der Waals surface area contributed by atoms with Gasteiger partial charge in [-0.3, -0.25) is 14.2 Å². The van der Waals surface area contributed by atoms with Crippen molar-refractivity contribution in [3.63, 3.8) is 0 Å². The van der Waals surface area contributed by atoms with Crippen LogP contribution >= 0.6 is 7.82 Å². The maximum atomic E-state index is 12.7. The number of likely N-dealkylation sites (N-methyl/N-ethyl adjacent to an activating group) is 1. The number of rotatable bonds is 52. The first-order valence-corrected chi connectivity index (χ1v) is 29.4. The van der Waals surface area contributed by atoms with Crippen molar-refractivity contribution in [2.45, 2.75) is 283 Å². The van der Waals surface area contributed by atoms with Crippen molar-refractivity contribution < 1.29 is 42.1 Å². The molecule has 0 saturated carbocycles. The summed E-state index contributed by atoms with van der Waals surface area (Å²) in [4.78, 5) is 37.8. The van der Waals surface area contributed by atoms with Gasteiger partial charge in [0.2, 0.25) is 0 Å². The van der Waals surface area contributed by atoms with Crippen molar-refractivity contribution in [2.24, 2.45) is 0 Å². The molecule has 0 rings (SSSR count). The van der Waals surface area contributed by atoms with Crippen LogP contribution in [0.25, 0.3) is 0 Å². The van der Waals surface area contributed by atoms with E-state index in [0.717, 1.165) is 51.4 Å². The number of esters is 2. The first-order chi connectivity index (χ1) is 31.5. The number of allylic oxidation sites excluding steroid dienone is 2. The fraction of sp³-hybridized carbons (Fsp3) is 0.927. The highest BCUT2D eigenvalue weighted by molar-refractivity contribution is 7.45. The number of phosphoric ester groups is 1. The van der Waals surface area contributed by atoms with Crippen LogP contribution in [0.3, 0.4) is 0 Å². The minimum atomic E-state index is -4.63. The summed E-state index contributed by atoms with van der Waals surface area (Å²) in [7, 11) is 1.18. The molecule has 2 atom stereocenters. The Labute approximate surface area is 403 Å². The van der Waals surface area contributed by atoms with Gasteiger partial charge in [-0.25, -0.2) is 0 Å². The molecule has 0 fully saturated rings. The van der Waals surface area contributed by atoms with Gasteiger partial charge in [0.25, 0.3) is 7.82 Å². The number of ether oxygens (including phenoxy) is 2. The average Bonchev–Trinajstić information content (AvgIpc) is 3.26.